The molecule has 1 saturated heterocycles. The van der Waals surface area contributed by atoms with Crippen molar-refractivity contribution in [3.63, 3.8) is 0 Å². The molecule has 0 bridgehead atoms. The topological polar surface area (TPSA) is 98.3 Å². The molecular weight excluding hydrogens is 428 g/mol. The maximum Gasteiger partial charge on any atom is 0.349 e. The summed E-state index contributed by atoms with van der Waals surface area (Å²) in [4.78, 5) is 26.5. The second-order valence-electron chi connectivity index (χ2n) is 9.00. The van der Waals surface area contributed by atoms with Crippen LogP contribution in [0.3, 0.4) is 0 Å². The Morgan fingerprint density at radius 3 is 2.41 bits per heavy atom. The Labute approximate surface area is 200 Å². The summed E-state index contributed by atoms with van der Waals surface area (Å²) in [5.74, 6) is 0.570. The first kappa shape index (κ1) is 23.9. The number of hydrogen-bond donors (Lipinski definition) is 1. The van der Waals surface area contributed by atoms with Crippen molar-refractivity contribution in [2.24, 2.45) is 7.05 Å². The molecule has 0 saturated carbocycles. The van der Waals surface area contributed by atoms with Crippen LogP contribution < -0.4 is 10.6 Å². The van der Waals surface area contributed by atoms with E-state index in [0.717, 1.165) is 31.5 Å². The van der Waals surface area contributed by atoms with Gasteiger partial charge in [-0.15, -0.1) is 0 Å². The van der Waals surface area contributed by atoms with Gasteiger partial charge in [-0.05, 0) is 43.0 Å². The summed E-state index contributed by atoms with van der Waals surface area (Å²) < 4.78 is 1.49. The minimum Gasteiger partial charge on any atom is -0.392 e. The van der Waals surface area contributed by atoms with Crippen LogP contribution in [-0.4, -0.2) is 49.7 Å². The molecule has 3 atom stereocenters. The number of aromatic nitrogens is 3. The summed E-state index contributed by atoms with van der Waals surface area (Å²) in [5, 5.41) is 18.8. The van der Waals surface area contributed by atoms with Crippen molar-refractivity contribution in [2.45, 2.75) is 58.3 Å². The number of benzene rings is 1. The lowest BCUT2D eigenvalue weighted by Crippen LogP contribution is -2.59. The largest absolute Gasteiger partial charge is 0.392 e. The maximum atomic E-state index is 12.7. The van der Waals surface area contributed by atoms with E-state index in [0.29, 0.717) is 22.5 Å². The molecule has 2 aromatic heterocycles. The smallest absolute Gasteiger partial charge is 0.349 e. The molecule has 1 aliphatic rings. The highest BCUT2D eigenvalue weighted by atomic mass is 16.3. The van der Waals surface area contributed by atoms with E-state index in [4.69, 9.17) is 0 Å². The van der Waals surface area contributed by atoms with Gasteiger partial charge in [0.25, 0.3) is 0 Å². The zero-order chi connectivity index (χ0) is 24.4. The maximum absolute atomic E-state index is 12.7. The zero-order valence-electron chi connectivity index (χ0n) is 20.3. The van der Waals surface area contributed by atoms with Crippen LogP contribution in [0.25, 0.3) is 11.0 Å². The van der Waals surface area contributed by atoms with Gasteiger partial charge >= 0.3 is 5.69 Å². The van der Waals surface area contributed by atoms with Gasteiger partial charge in [0.15, 0.2) is 5.82 Å². The fraction of sp³-hybridized carbons (Fsp3) is 0.462. The predicted octanol–water partition coefficient (Wildman–Crippen LogP) is 3.13. The molecule has 1 aromatic carbocycles. The quantitative estimate of drug-likeness (QED) is 0.603. The summed E-state index contributed by atoms with van der Waals surface area (Å²) in [6.45, 7) is 8.16. The Bertz CT molecular complexity index is 1260. The van der Waals surface area contributed by atoms with Gasteiger partial charge in [-0.2, -0.15) is 10.2 Å². The van der Waals surface area contributed by atoms with Gasteiger partial charge in [-0.25, -0.2) is 9.78 Å². The van der Waals surface area contributed by atoms with Gasteiger partial charge < -0.3 is 10.0 Å². The lowest BCUT2D eigenvalue weighted by atomic mass is 9.96. The zero-order valence-corrected chi connectivity index (χ0v) is 20.3. The van der Waals surface area contributed by atoms with Gasteiger partial charge in [0.1, 0.15) is 17.3 Å². The Morgan fingerprint density at radius 2 is 1.79 bits per heavy atom. The monoisotopic (exact) mass is 460 g/mol. The van der Waals surface area contributed by atoms with Crippen molar-refractivity contribution in [3.8, 4) is 6.07 Å². The number of pyridine rings is 1. The van der Waals surface area contributed by atoms with Crippen molar-refractivity contribution in [1.29, 1.82) is 5.26 Å². The SMILES string of the molecule is CCC1CN(C(C)c2ccc(CO)cc2)[C@H](CC)CN1c1nc(=O)n(C)c2ccc(C#N)nc12. The molecule has 3 aromatic rings. The van der Waals surface area contributed by atoms with Crippen LogP contribution in [0.5, 0.6) is 0 Å². The van der Waals surface area contributed by atoms with Gasteiger partial charge in [0, 0.05) is 38.3 Å². The van der Waals surface area contributed by atoms with Crippen LogP contribution in [0.1, 0.15) is 56.5 Å². The number of aliphatic hydroxyl groups is 1. The van der Waals surface area contributed by atoms with Crippen LogP contribution in [0.4, 0.5) is 5.82 Å². The molecule has 0 amide bonds. The highest BCUT2D eigenvalue weighted by molar-refractivity contribution is 5.86. The number of aliphatic hydroxyl groups excluding tert-OH is 1. The Hall–Kier alpha value is -3.28. The second kappa shape index (κ2) is 9.92. The first-order valence-corrected chi connectivity index (χ1v) is 11.9. The highest BCUT2D eigenvalue weighted by Gasteiger charge is 2.36. The molecule has 2 unspecified atom stereocenters. The lowest BCUT2D eigenvalue weighted by Gasteiger charge is -2.49. The molecule has 1 N–H and O–H groups in total. The number of rotatable bonds is 6. The van der Waals surface area contributed by atoms with Crippen molar-refractivity contribution in [1.82, 2.24) is 19.4 Å². The molecule has 8 heteroatoms. The number of nitrogens with zero attached hydrogens (tertiary/aromatic N) is 6. The van der Waals surface area contributed by atoms with Crippen molar-refractivity contribution >= 4 is 16.9 Å². The molecule has 0 aliphatic carbocycles. The number of hydrogen-bond acceptors (Lipinski definition) is 7. The van der Waals surface area contributed by atoms with E-state index in [1.165, 1.54) is 10.1 Å². The van der Waals surface area contributed by atoms with Crippen LogP contribution in [0.15, 0.2) is 41.2 Å². The molecule has 0 spiro atoms. The van der Waals surface area contributed by atoms with Crippen molar-refractivity contribution < 1.29 is 5.11 Å². The lowest BCUT2D eigenvalue weighted by molar-refractivity contribution is 0.101. The van der Waals surface area contributed by atoms with E-state index in [1.807, 2.05) is 12.1 Å². The van der Waals surface area contributed by atoms with E-state index >= 15 is 0 Å². The Balaban J connectivity index is 1.73. The standard InChI is InChI=1S/C26H32N6O2/c1-5-21-15-32(25-24-23(30(4)26(34)29-25)12-11-20(13-27)28-24)22(6-2)14-31(21)17(3)19-9-7-18(16-33)8-10-19/h7-12,17,21-22,33H,5-6,14-16H2,1-4H3/t17?,21-,22?/m1/s1. The first-order valence-electron chi connectivity index (χ1n) is 11.9. The van der Waals surface area contributed by atoms with Crippen LogP contribution in [0.2, 0.25) is 0 Å². The fourth-order valence-electron chi connectivity index (χ4n) is 4.98. The molecule has 1 aliphatic heterocycles. The van der Waals surface area contributed by atoms with Crippen molar-refractivity contribution in [3.05, 3.63) is 63.7 Å². The van der Waals surface area contributed by atoms with E-state index in [1.54, 1.807) is 19.2 Å². The summed E-state index contributed by atoms with van der Waals surface area (Å²) in [6.07, 6.45) is 1.84. The summed E-state index contributed by atoms with van der Waals surface area (Å²) in [5.41, 5.74) is 3.39. The minimum absolute atomic E-state index is 0.0435. The molecule has 34 heavy (non-hydrogen) atoms. The summed E-state index contributed by atoms with van der Waals surface area (Å²) in [6, 6.07) is 14.3. The van der Waals surface area contributed by atoms with E-state index in [-0.39, 0.29) is 30.4 Å². The molecular formula is C26H32N6O2. The minimum atomic E-state index is -0.323. The summed E-state index contributed by atoms with van der Waals surface area (Å²) >= 11 is 0. The Kier molecular flexibility index (Phi) is 6.96. The molecule has 0 radical (unpaired) electrons. The second-order valence-corrected chi connectivity index (χ2v) is 9.00. The number of anilines is 1. The molecule has 178 valence electrons. The fourth-order valence-corrected chi connectivity index (χ4v) is 4.98. The van der Waals surface area contributed by atoms with E-state index in [2.05, 4.69) is 58.7 Å². The summed E-state index contributed by atoms with van der Waals surface area (Å²) in [7, 11) is 1.68. The molecule has 3 heterocycles. The number of nitriles is 1. The number of fused-ring (bicyclic) bond motifs is 1. The number of aryl methyl sites for hydroxylation is 1. The van der Waals surface area contributed by atoms with Crippen LogP contribution in [-0.2, 0) is 13.7 Å². The average Bonchev–Trinajstić information content (AvgIpc) is 2.89. The molecule has 8 nitrogen and oxygen atoms in total. The highest BCUT2D eigenvalue weighted by Crippen LogP contribution is 2.33. The average molecular weight is 461 g/mol. The van der Waals surface area contributed by atoms with Gasteiger partial charge in [0.05, 0.1) is 12.1 Å². The first-order chi connectivity index (χ1) is 16.4. The van der Waals surface area contributed by atoms with Crippen molar-refractivity contribution in [2.75, 3.05) is 18.0 Å². The van der Waals surface area contributed by atoms with Crippen LogP contribution >= 0.6 is 0 Å². The number of piperazine rings is 1. The third kappa shape index (κ3) is 4.29. The van der Waals surface area contributed by atoms with Gasteiger partial charge in [-0.1, -0.05) is 38.1 Å². The van der Waals surface area contributed by atoms with Crippen LogP contribution in [0, 0.1) is 11.3 Å². The van der Waals surface area contributed by atoms with Gasteiger partial charge in [-0.3, -0.25) is 9.47 Å². The third-order valence-electron chi connectivity index (χ3n) is 7.15. The molecule has 4 rings (SSSR count). The normalized spacial score (nSPS) is 19.8. The van der Waals surface area contributed by atoms with Gasteiger partial charge in [0.2, 0.25) is 0 Å². The molecule has 1 fully saturated rings. The Morgan fingerprint density at radius 1 is 1.09 bits per heavy atom. The van der Waals surface area contributed by atoms with E-state index in [9.17, 15) is 15.2 Å². The van der Waals surface area contributed by atoms with E-state index < -0.39 is 0 Å². The third-order valence-corrected chi connectivity index (χ3v) is 7.15. The predicted molar refractivity (Wildman–Crippen MR) is 132 cm³/mol.